The van der Waals surface area contributed by atoms with Crippen LogP contribution < -0.4 is 5.73 Å². The summed E-state index contributed by atoms with van der Waals surface area (Å²) in [6.07, 6.45) is 0.409. The second-order valence-electron chi connectivity index (χ2n) is 5.84. The van der Waals surface area contributed by atoms with Gasteiger partial charge in [0, 0.05) is 26.1 Å². The fraction of sp³-hybridized carbons (Fsp3) is 0.650. The first-order chi connectivity index (χ1) is 12.2. The highest BCUT2D eigenvalue weighted by Crippen LogP contribution is 2.42. The Morgan fingerprint density at radius 3 is 2.04 bits per heavy atom. The molecular weight excluding hydrogens is 341 g/mol. The minimum Gasteiger partial charge on any atom is -0.345 e. The maximum atomic E-state index is 14.5. The van der Waals surface area contributed by atoms with Crippen molar-refractivity contribution in [1.82, 2.24) is 4.90 Å². The number of carbonyl (C=O) groups is 1. The van der Waals surface area contributed by atoms with Gasteiger partial charge in [-0.25, -0.2) is 13.2 Å². The standard InChI is InChI=1S/C17H24F3NO.C2H6.CH5N/c1-6-8-13(17(19,20)7-2)15-11(3)9-12(10-14(15)18)16(22)21(4)5;2*1-2/h9-10,13H,6-8H2,1-5H3;1-2H3;2H2,1H3. The molecule has 6 heteroatoms. The first kappa shape index (κ1) is 26.7. The minimum atomic E-state index is -2.96. The van der Waals surface area contributed by atoms with E-state index in [2.05, 4.69) is 5.73 Å². The molecule has 1 aromatic carbocycles. The van der Waals surface area contributed by atoms with Crippen LogP contribution in [0.2, 0.25) is 0 Å². The number of amides is 1. The smallest absolute Gasteiger partial charge is 0.254 e. The molecule has 0 bridgehead atoms. The van der Waals surface area contributed by atoms with Gasteiger partial charge in [0.15, 0.2) is 0 Å². The molecule has 1 aromatic rings. The van der Waals surface area contributed by atoms with Crippen LogP contribution in [0.15, 0.2) is 12.1 Å². The van der Waals surface area contributed by atoms with E-state index in [0.29, 0.717) is 12.0 Å². The highest BCUT2D eigenvalue weighted by Gasteiger charge is 2.40. The molecule has 0 aromatic heterocycles. The summed E-state index contributed by atoms with van der Waals surface area (Å²) in [5.74, 6) is -5.19. The summed E-state index contributed by atoms with van der Waals surface area (Å²) in [6, 6.07) is 2.56. The van der Waals surface area contributed by atoms with E-state index in [9.17, 15) is 18.0 Å². The number of hydrogen-bond donors (Lipinski definition) is 1. The van der Waals surface area contributed by atoms with E-state index in [-0.39, 0.29) is 29.9 Å². The van der Waals surface area contributed by atoms with Gasteiger partial charge < -0.3 is 10.6 Å². The van der Waals surface area contributed by atoms with Gasteiger partial charge in [0.05, 0.1) is 5.92 Å². The molecule has 0 saturated carbocycles. The number of nitrogens with zero attached hydrogens (tertiary/aromatic N) is 1. The lowest BCUT2D eigenvalue weighted by Gasteiger charge is -2.28. The van der Waals surface area contributed by atoms with Crippen molar-refractivity contribution in [2.75, 3.05) is 21.1 Å². The molecule has 0 radical (unpaired) electrons. The van der Waals surface area contributed by atoms with Crippen LogP contribution in [0.4, 0.5) is 13.2 Å². The molecule has 1 unspecified atom stereocenters. The lowest BCUT2D eigenvalue weighted by atomic mass is 9.83. The van der Waals surface area contributed by atoms with Crippen molar-refractivity contribution in [2.24, 2.45) is 5.73 Å². The van der Waals surface area contributed by atoms with Crippen molar-refractivity contribution in [1.29, 1.82) is 0 Å². The molecule has 1 amide bonds. The Morgan fingerprint density at radius 1 is 1.19 bits per heavy atom. The van der Waals surface area contributed by atoms with Crippen LogP contribution in [-0.4, -0.2) is 37.9 Å². The fourth-order valence-electron chi connectivity index (χ4n) is 2.68. The Labute approximate surface area is 156 Å². The summed E-state index contributed by atoms with van der Waals surface area (Å²) in [7, 11) is 4.63. The number of benzene rings is 1. The van der Waals surface area contributed by atoms with Gasteiger partial charge in [0.1, 0.15) is 5.82 Å². The van der Waals surface area contributed by atoms with Crippen LogP contribution in [0.25, 0.3) is 0 Å². The third kappa shape index (κ3) is 6.98. The van der Waals surface area contributed by atoms with E-state index in [1.54, 1.807) is 27.9 Å². The number of hydrogen-bond acceptors (Lipinski definition) is 2. The Balaban J connectivity index is 0. The Kier molecular flexibility index (Phi) is 13.1. The highest BCUT2D eigenvalue weighted by atomic mass is 19.3. The topological polar surface area (TPSA) is 46.3 Å². The van der Waals surface area contributed by atoms with Crippen LogP contribution in [0.5, 0.6) is 0 Å². The van der Waals surface area contributed by atoms with Crippen LogP contribution in [0.1, 0.15) is 74.4 Å². The summed E-state index contributed by atoms with van der Waals surface area (Å²) in [5, 5.41) is 0. The number of nitrogens with two attached hydrogens (primary N) is 1. The number of halogens is 3. The molecule has 26 heavy (non-hydrogen) atoms. The van der Waals surface area contributed by atoms with Crippen LogP contribution in [0, 0.1) is 12.7 Å². The molecule has 1 rings (SSSR count). The van der Waals surface area contributed by atoms with Crippen molar-refractivity contribution in [2.45, 2.75) is 65.7 Å². The average molecular weight is 377 g/mol. The number of aryl methyl sites for hydroxylation is 1. The second kappa shape index (κ2) is 12.7. The third-order valence-electron chi connectivity index (χ3n) is 3.90. The van der Waals surface area contributed by atoms with Crippen molar-refractivity contribution in [3.8, 4) is 0 Å². The van der Waals surface area contributed by atoms with E-state index in [0.717, 1.165) is 6.07 Å². The summed E-state index contributed by atoms with van der Waals surface area (Å²) >= 11 is 0. The molecule has 0 fully saturated rings. The fourth-order valence-corrected chi connectivity index (χ4v) is 2.68. The molecule has 1 atom stereocenters. The largest absolute Gasteiger partial charge is 0.345 e. The summed E-state index contributed by atoms with van der Waals surface area (Å²) in [6.45, 7) is 8.79. The first-order valence-corrected chi connectivity index (χ1v) is 9.12. The van der Waals surface area contributed by atoms with E-state index in [1.165, 1.54) is 24.9 Å². The molecule has 152 valence electrons. The highest BCUT2D eigenvalue weighted by molar-refractivity contribution is 5.94. The zero-order valence-corrected chi connectivity index (χ0v) is 17.4. The Bertz CT molecular complexity index is 523. The molecule has 0 aliphatic rings. The zero-order valence-electron chi connectivity index (χ0n) is 17.4. The first-order valence-electron chi connectivity index (χ1n) is 9.12. The van der Waals surface area contributed by atoms with E-state index in [1.807, 2.05) is 13.8 Å². The van der Waals surface area contributed by atoms with Crippen LogP contribution >= 0.6 is 0 Å². The molecule has 0 spiro atoms. The second-order valence-corrected chi connectivity index (χ2v) is 5.84. The van der Waals surface area contributed by atoms with Gasteiger partial charge in [0.25, 0.3) is 11.8 Å². The van der Waals surface area contributed by atoms with E-state index in [4.69, 9.17) is 0 Å². The molecule has 0 saturated heterocycles. The van der Waals surface area contributed by atoms with Crippen molar-refractivity contribution in [3.05, 3.63) is 34.6 Å². The summed E-state index contributed by atoms with van der Waals surface area (Å²) < 4.78 is 42.9. The molecule has 0 aliphatic heterocycles. The molecule has 2 N–H and O–H groups in total. The predicted molar refractivity (Wildman–Crippen MR) is 104 cm³/mol. The average Bonchev–Trinajstić information content (AvgIpc) is 2.62. The van der Waals surface area contributed by atoms with Gasteiger partial charge >= 0.3 is 0 Å². The molecule has 0 aliphatic carbocycles. The van der Waals surface area contributed by atoms with Crippen LogP contribution in [0.3, 0.4) is 0 Å². The predicted octanol–water partition coefficient (Wildman–Crippen LogP) is 5.37. The van der Waals surface area contributed by atoms with E-state index < -0.39 is 17.7 Å². The number of rotatable bonds is 6. The van der Waals surface area contributed by atoms with Crippen molar-refractivity contribution >= 4 is 5.91 Å². The van der Waals surface area contributed by atoms with Gasteiger partial charge in [-0.05, 0) is 43.7 Å². The number of carbonyl (C=O) groups excluding carboxylic acids is 1. The SMILES string of the molecule is CC.CCCC(c1c(C)cc(C(=O)N(C)C)cc1F)C(F)(F)CC.CN. The Hall–Kier alpha value is -1.56. The maximum Gasteiger partial charge on any atom is 0.254 e. The summed E-state index contributed by atoms with van der Waals surface area (Å²) in [4.78, 5) is 13.3. The van der Waals surface area contributed by atoms with Crippen LogP contribution in [-0.2, 0) is 0 Å². The van der Waals surface area contributed by atoms with E-state index >= 15 is 0 Å². The quantitative estimate of drug-likeness (QED) is 0.726. The molecule has 0 heterocycles. The third-order valence-corrected chi connectivity index (χ3v) is 3.90. The van der Waals surface area contributed by atoms with Gasteiger partial charge in [0.2, 0.25) is 0 Å². The van der Waals surface area contributed by atoms with Gasteiger partial charge in [-0.3, -0.25) is 4.79 Å². The monoisotopic (exact) mass is 376 g/mol. The lowest BCUT2D eigenvalue weighted by Crippen LogP contribution is -2.28. The molecular formula is C20H35F3N2O. The van der Waals surface area contributed by atoms with Gasteiger partial charge in [-0.2, -0.15) is 0 Å². The Morgan fingerprint density at radius 2 is 1.69 bits per heavy atom. The van der Waals surface area contributed by atoms with Gasteiger partial charge in [-0.15, -0.1) is 0 Å². The zero-order chi connectivity index (χ0) is 21.1. The maximum absolute atomic E-state index is 14.5. The van der Waals surface area contributed by atoms with Crippen molar-refractivity contribution in [3.63, 3.8) is 0 Å². The van der Waals surface area contributed by atoms with Gasteiger partial charge in [-0.1, -0.05) is 34.1 Å². The summed E-state index contributed by atoms with van der Waals surface area (Å²) in [5.41, 5.74) is 5.11. The minimum absolute atomic E-state index is 0.0315. The van der Waals surface area contributed by atoms with Crippen molar-refractivity contribution < 1.29 is 18.0 Å². The normalized spacial score (nSPS) is 11.5. The number of alkyl halides is 2. The molecule has 3 nitrogen and oxygen atoms in total. The lowest BCUT2D eigenvalue weighted by molar-refractivity contribution is -0.0351.